The minimum Gasteiger partial charge on any atom is -0.495 e. The molecule has 104 valence electrons. The summed E-state index contributed by atoms with van der Waals surface area (Å²) in [5.74, 6) is -1.12. The number of hydrogen-bond donors (Lipinski definition) is 3. The van der Waals surface area contributed by atoms with Crippen LogP contribution in [0.1, 0.15) is 10.4 Å². The number of methoxy groups -OCH3 is 1. The van der Waals surface area contributed by atoms with Gasteiger partial charge in [0.05, 0.1) is 25.0 Å². The van der Waals surface area contributed by atoms with E-state index >= 15 is 0 Å². The fourth-order valence-corrected chi connectivity index (χ4v) is 1.37. The van der Waals surface area contributed by atoms with Crippen LogP contribution >= 0.6 is 0 Å². The summed E-state index contributed by atoms with van der Waals surface area (Å²) in [4.78, 5) is 22.4. The number of aromatic carboxylic acids is 1. The number of ether oxygens (including phenoxy) is 2. The highest BCUT2D eigenvalue weighted by molar-refractivity contribution is 5.96. The van der Waals surface area contributed by atoms with Crippen LogP contribution in [-0.4, -0.2) is 43.9 Å². The smallest absolute Gasteiger partial charge is 0.335 e. The Labute approximate surface area is 110 Å². The Bertz CT molecular complexity index is 461. The molecule has 0 fully saturated rings. The van der Waals surface area contributed by atoms with E-state index in [9.17, 15) is 9.59 Å². The van der Waals surface area contributed by atoms with Gasteiger partial charge in [-0.15, -0.1) is 0 Å². The van der Waals surface area contributed by atoms with Crippen molar-refractivity contribution in [3.8, 4) is 5.75 Å². The average molecular weight is 268 g/mol. The number of anilines is 1. The van der Waals surface area contributed by atoms with E-state index in [1.165, 1.54) is 25.3 Å². The monoisotopic (exact) mass is 268 g/mol. The summed E-state index contributed by atoms with van der Waals surface area (Å²) in [6.45, 7) is 0.447. The van der Waals surface area contributed by atoms with Gasteiger partial charge in [-0.3, -0.25) is 4.79 Å². The zero-order valence-corrected chi connectivity index (χ0v) is 10.5. The number of amides is 1. The van der Waals surface area contributed by atoms with E-state index in [0.717, 1.165) is 0 Å². The van der Waals surface area contributed by atoms with E-state index < -0.39 is 11.9 Å². The predicted octanol–water partition coefficient (Wildman–Crippen LogP) is 0.307. The van der Waals surface area contributed by atoms with Gasteiger partial charge in [-0.1, -0.05) is 0 Å². The van der Waals surface area contributed by atoms with Crippen LogP contribution in [0.25, 0.3) is 0 Å². The van der Waals surface area contributed by atoms with E-state index in [1.54, 1.807) is 0 Å². The SMILES string of the molecule is COc1ccc(C(=O)O)cc1NC(=O)COCCN. The van der Waals surface area contributed by atoms with Crippen LogP contribution in [0.3, 0.4) is 0 Å². The van der Waals surface area contributed by atoms with Gasteiger partial charge in [0.1, 0.15) is 12.4 Å². The van der Waals surface area contributed by atoms with E-state index in [4.69, 9.17) is 20.3 Å². The fourth-order valence-electron chi connectivity index (χ4n) is 1.37. The average Bonchev–Trinajstić information content (AvgIpc) is 2.38. The molecule has 7 heteroatoms. The number of carbonyl (C=O) groups excluding carboxylic acids is 1. The molecule has 0 spiro atoms. The maximum absolute atomic E-state index is 11.6. The van der Waals surface area contributed by atoms with Crippen molar-refractivity contribution in [1.29, 1.82) is 0 Å². The van der Waals surface area contributed by atoms with Crippen molar-refractivity contribution >= 4 is 17.6 Å². The number of nitrogens with two attached hydrogens (primary N) is 1. The number of rotatable bonds is 7. The normalized spacial score (nSPS) is 10.0. The first-order chi connectivity index (χ1) is 9.08. The highest BCUT2D eigenvalue weighted by Gasteiger charge is 2.11. The van der Waals surface area contributed by atoms with Gasteiger partial charge in [-0.05, 0) is 18.2 Å². The molecule has 0 aliphatic heterocycles. The van der Waals surface area contributed by atoms with Crippen LogP contribution in [0, 0.1) is 0 Å². The molecule has 0 unspecified atom stereocenters. The van der Waals surface area contributed by atoms with Crippen LogP contribution in [0.2, 0.25) is 0 Å². The van der Waals surface area contributed by atoms with Crippen molar-refractivity contribution < 1.29 is 24.2 Å². The molecule has 1 amide bonds. The largest absolute Gasteiger partial charge is 0.495 e. The standard InChI is InChI=1S/C12H16N2O5/c1-18-10-3-2-8(12(16)17)6-9(10)14-11(15)7-19-5-4-13/h2-3,6H,4-5,7,13H2,1H3,(H,14,15)(H,16,17). The lowest BCUT2D eigenvalue weighted by molar-refractivity contribution is -0.120. The van der Waals surface area contributed by atoms with Crippen LogP contribution in [0.15, 0.2) is 18.2 Å². The molecule has 0 saturated heterocycles. The Morgan fingerprint density at radius 2 is 2.16 bits per heavy atom. The summed E-state index contributed by atoms with van der Waals surface area (Å²) >= 11 is 0. The zero-order chi connectivity index (χ0) is 14.3. The third kappa shape index (κ3) is 4.57. The molecule has 0 aliphatic rings. The van der Waals surface area contributed by atoms with Crippen molar-refractivity contribution in [3.05, 3.63) is 23.8 Å². The topological polar surface area (TPSA) is 111 Å². The number of carbonyl (C=O) groups is 2. The second-order valence-electron chi connectivity index (χ2n) is 3.61. The number of benzene rings is 1. The molecule has 0 heterocycles. The maximum Gasteiger partial charge on any atom is 0.335 e. The van der Waals surface area contributed by atoms with Crippen molar-refractivity contribution in [3.63, 3.8) is 0 Å². The molecule has 4 N–H and O–H groups in total. The van der Waals surface area contributed by atoms with Gasteiger partial charge in [0.2, 0.25) is 5.91 Å². The summed E-state index contributed by atoms with van der Waals surface area (Å²) in [7, 11) is 1.43. The first kappa shape index (κ1) is 14.9. The first-order valence-corrected chi connectivity index (χ1v) is 5.57. The number of hydrogen-bond acceptors (Lipinski definition) is 5. The molecule has 1 aromatic carbocycles. The van der Waals surface area contributed by atoms with Crippen LogP contribution in [-0.2, 0) is 9.53 Å². The van der Waals surface area contributed by atoms with Gasteiger partial charge in [0.15, 0.2) is 0 Å². The Morgan fingerprint density at radius 3 is 2.74 bits per heavy atom. The van der Waals surface area contributed by atoms with Crippen molar-refractivity contribution in [2.45, 2.75) is 0 Å². The van der Waals surface area contributed by atoms with Crippen LogP contribution < -0.4 is 15.8 Å². The molecule has 1 aromatic rings. The molecular weight excluding hydrogens is 252 g/mol. The van der Waals surface area contributed by atoms with Gasteiger partial charge in [0.25, 0.3) is 0 Å². The minimum absolute atomic E-state index is 0.0546. The summed E-state index contributed by atoms with van der Waals surface area (Å²) in [5, 5.41) is 11.4. The third-order valence-electron chi connectivity index (χ3n) is 2.22. The molecule has 0 aromatic heterocycles. The highest BCUT2D eigenvalue weighted by atomic mass is 16.5. The van der Waals surface area contributed by atoms with Gasteiger partial charge in [-0.2, -0.15) is 0 Å². The van der Waals surface area contributed by atoms with Crippen LogP contribution in [0.5, 0.6) is 5.75 Å². The summed E-state index contributed by atoms with van der Waals surface area (Å²) < 4.78 is 10.0. The molecule has 19 heavy (non-hydrogen) atoms. The highest BCUT2D eigenvalue weighted by Crippen LogP contribution is 2.25. The number of carboxylic acid groups (broad SMARTS) is 1. The van der Waals surface area contributed by atoms with Crippen molar-refractivity contribution in [2.24, 2.45) is 5.73 Å². The summed E-state index contributed by atoms with van der Waals surface area (Å²) in [6, 6.07) is 4.18. The number of nitrogens with one attached hydrogen (secondary N) is 1. The Balaban J connectivity index is 2.77. The molecule has 0 atom stereocenters. The third-order valence-corrected chi connectivity index (χ3v) is 2.22. The van der Waals surface area contributed by atoms with Gasteiger partial charge in [0, 0.05) is 6.54 Å². The molecule has 0 aliphatic carbocycles. The lowest BCUT2D eigenvalue weighted by Crippen LogP contribution is -2.21. The Morgan fingerprint density at radius 1 is 1.42 bits per heavy atom. The molecule has 0 radical (unpaired) electrons. The second kappa shape index (κ2) is 7.34. The first-order valence-electron chi connectivity index (χ1n) is 5.57. The Hall–Kier alpha value is -2.12. The zero-order valence-electron chi connectivity index (χ0n) is 10.5. The summed E-state index contributed by atoms with van der Waals surface area (Å²) in [5.41, 5.74) is 5.56. The van der Waals surface area contributed by atoms with Gasteiger partial charge >= 0.3 is 5.97 Å². The minimum atomic E-state index is -1.09. The molecule has 7 nitrogen and oxygen atoms in total. The van der Waals surface area contributed by atoms with E-state index in [0.29, 0.717) is 12.3 Å². The van der Waals surface area contributed by atoms with E-state index in [-0.39, 0.29) is 24.5 Å². The Kier molecular flexibility index (Phi) is 5.77. The van der Waals surface area contributed by atoms with E-state index in [2.05, 4.69) is 5.32 Å². The van der Waals surface area contributed by atoms with E-state index in [1.807, 2.05) is 0 Å². The van der Waals surface area contributed by atoms with Gasteiger partial charge < -0.3 is 25.6 Å². The molecular formula is C12H16N2O5. The maximum atomic E-state index is 11.6. The van der Waals surface area contributed by atoms with Crippen molar-refractivity contribution in [2.75, 3.05) is 32.2 Å². The predicted molar refractivity (Wildman–Crippen MR) is 68.5 cm³/mol. The fraction of sp³-hybridized carbons (Fsp3) is 0.333. The molecule has 0 bridgehead atoms. The number of carboxylic acids is 1. The lowest BCUT2D eigenvalue weighted by atomic mass is 10.2. The summed E-state index contributed by atoms with van der Waals surface area (Å²) in [6.07, 6.45) is 0. The second-order valence-corrected chi connectivity index (χ2v) is 3.61. The lowest BCUT2D eigenvalue weighted by Gasteiger charge is -2.11. The van der Waals surface area contributed by atoms with Gasteiger partial charge in [-0.25, -0.2) is 4.79 Å². The van der Waals surface area contributed by atoms with Crippen molar-refractivity contribution in [1.82, 2.24) is 0 Å². The molecule has 0 saturated carbocycles. The quantitative estimate of drug-likeness (QED) is 0.614. The van der Waals surface area contributed by atoms with Crippen LogP contribution in [0.4, 0.5) is 5.69 Å². The molecule has 1 rings (SSSR count).